The van der Waals surface area contributed by atoms with Gasteiger partial charge in [0.15, 0.2) is 16.7 Å². The molecule has 0 saturated carbocycles. The average Bonchev–Trinajstić information content (AvgIpc) is 3.47. The van der Waals surface area contributed by atoms with E-state index in [9.17, 15) is 22.8 Å². The van der Waals surface area contributed by atoms with Gasteiger partial charge in [0, 0.05) is 23.9 Å². The number of fused-ring (bicyclic) bond motifs is 2. The van der Waals surface area contributed by atoms with Crippen LogP contribution in [0.4, 0.5) is 18.9 Å². The molecule has 0 atom stereocenters. The number of ether oxygens (including phenoxy) is 3. The maximum atomic E-state index is 13.2. The fourth-order valence-corrected chi connectivity index (χ4v) is 5.37. The fourth-order valence-electron chi connectivity index (χ4n) is 3.52. The Hall–Kier alpha value is -3.32. The summed E-state index contributed by atoms with van der Waals surface area (Å²) in [4.78, 5) is 30.8. The molecule has 13 heteroatoms. The third-order valence-corrected chi connectivity index (χ3v) is 7.03. The fraction of sp³-hybridized carbons (Fsp3) is 0.227. The lowest BCUT2D eigenvalue weighted by Gasteiger charge is -2.15. The van der Waals surface area contributed by atoms with Crippen LogP contribution in [-0.2, 0) is 11.2 Å². The van der Waals surface area contributed by atoms with Crippen LogP contribution >= 0.6 is 23.5 Å². The molecule has 3 heterocycles. The van der Waals surface area contributed by atoms with Gasteiger partial charge < -0.3 is 19.5 Å². The molecule has 0 saturated heterocycles. The topological polar surface area (TPSA) is 91.7 Å². The number of nitrogens with zero attached hydrogens (tertiary/aromatic N) is 2. The Morgan fingerprint density at radius 3 is 2.71 bits per heavy atom. The summed E-state index contributed by atoms with van der Waals surface area (Å²) in [5, 5.41) is 3.02. The number of thioether (sulfide) groups is 2. The second-order valence-corrected chi connectivity index (χ2v) is 9.40. The molecule has 3 aromatic rings. The Morgan fingerprint density at radius 2 is 1.94 bits per heavy atom. The summed E-state index contributed by atoms with van der Waals surface area (Å²) in [7, 11) is 0. The number of carbonyl (C=O) groups is 1. The Morgan fingerprint density at radius 1 is 1.17 bits per heavy atom. The Balaban J connectivity index is 1.37. The Bertz CT molecular complexity index is 1350. The first-order valence-electron chi connectivity index (χ1n) is 10.2. The lowest BCUT2D eigenvalue weighted by molar-refractivity contribution is -0.274. The van der Waals surface area contributed by atoms with Crippen molar-refractivity contribution < 1.29 is 32.2 Å². The zero-order valence-electron chi connectivity index (χ0n) is 17.8. The molecule has 5 rings (SSSR count). The monoisotopic (exact) mass is 523 g/mol. The number of halogens is 3. The number of hydrogen-bond donors (Lipinski definition) is 1. The highest BCUT2D eigenvalue weighted by atomic mass is 32.2. The molecule has 2 aromatic carbocycles. The van der Waals surface area contributed by atoms with E-state index in [4.69, 9.17) is 9.47 Å². The molecule has 35 heavy (non-hydrogen) atoms. The molecule has 1 aromatic heterocycles. The van der Waals surface area contributed by atoms with Crippen LogP contribution in [0, 0.1) is 0 Å². The minimum Gasteiger partial charge on any atom is -0.454 e. The van der Waals surface area contributed by atoms with Crippen molar-refractivity contribution in [3.63, 3.8) is 0 Å². The standard InChI is InChI=1S/C22H16F3N3O5S2/c23-22(24,25)33-14-4-2-13(3-5-14)28-20(30)19-15(7-8-34-19)27-21(28)35-10-18(29)26-12-1-6-16-17(9-12)32-11-31-16/h1-6,9H,7-8,10-11H2,(H,26,29). The van der Waals surface area contributed by atoms with Gasteiger partial charge in [-0.2, -0.15) is 0 Å². The molecular weight excluding hydrogens is 507 g/mol. The van der Waals surface area contributed by atoms with Gasteiger partial charge in [0.25, 0.3) is 5.56 Å². The van der Waals surface area contributed by atoms with E-state index in [1.165, 1.54) is 28.5 Å². The predicted octanol–water partition coefficient (Wildman–Crippen LogP) is 4.24. The number of aryl methyl sites for hydroxylation is 1. The zero-order chi connectivity index (χ0) is 24.6. The minimum atomic E-state index is -4.82. The molecular formula is C22H16F3N3O5S2. The van der Waals surface area contributed by atoms with Crippen molar-refractivity contribution in [2.24, 2.45) is 0 Å². The molecule has 0 radical (unpaired) electrons. The molecule has 8 nitrogen and oxygen atoms in total. The molecule has 1 amide bonds. The van der Waals surface area contributed by atoms with Gasteiger partial charge in [-0.3, -0.25) is 14.2 Å². The van der Waals surface area contributed by atoms with Crippen molar-refractivity contribution in [2.45, 2.75) is 22.8 Å². The first-order chi connectivity index (χ1) is 16.8. The average molecular weight is 524 g/mol. The van der Waals surface area contributed by atoms with Gasteiger partial charge in [-0.05, 0) is 36.4 Å². The molecule has 0 aliphatic carbocycles. The van der Waals surface area contributed by atoms with Crippen molar-refractivity contribution in [1.29, 1.82) is 0 Å². The quantitative estimate of drug-likeness (QED) is 0.379. The van der Waals surface area contributed by atoms with E-state index in [1.807, 2.05) is 0 Å². The van der Waals surface area contributed by atoms with E-state index in [0.717, 1.165) is 23.9 Å². The molecule has 2 aliphatic rings. The summed E-state index contributed by atoms with van der Waals surface area (Å²) in [6.45, 7) is 0.117. The zero-order valence-corrected chi connectivity index (χ0v) is 19.4. The van der Waals surface area contributed by atoms with Gasteiger partial charge in [-0.25, -0.2) is 4.98 Å². The molecule has 0 bridgehead atoms. The van der Waals surface area contributed by atoms with E-state index in [2.05, 4.69) is 15.0 Å². The summed E-state index contributed by atoms with van der Waals surface area (Å²) in [6.07, 6.45) is -4.21. The van der Waals surface area contributed by atoms with Gasteiger partial charge in [-0.1, -0.05) is 11.8 Å². The van der Waals surface area contributed by atoms with Gasteiger partial charge >= 0.3 is 6.36 Å². The summed E-state index contributed by atoms with van der Waals surface area (Å²) < 4.78 is 53.3. The van der Waals surface area contributed by atoms with Crippen LogP contribution in [0.2, 0.25) is 0 Å². The van der Waals surface area contributed by atoms with Crippen LogP contribution in [0.1, 0.15) is 5.69 Å². The van der Waals surface area contributed by atoms with E-state index >= 15 is 0 Å². The van der Waals surface area contributed by atoms with Crippen LogP contribution in [-0.4, -0.2) is 40.1 Å². The number of nitrogens with one attached hydrogen (secondary N) is 1. The summed E-state index contributed by atoms with van der Waals surface area (Å²) in [6, 6.07) is 9.94. The largest absolute Gasteiger partial charge is 0.573 e. The third kappa shape index (κ3) is 5.20. The van der Waals surface area contributed by atoms with Crippen molar-refractivity contribution >= 4 is 35.1 Å². The second-order valence-electron chi connectivity index (χ2n) is 7.36. The number of anilines is 1. The summed E-state index contributed by atoms with van der Waals surface area (Å²) >= 11 is 2.43. The van der Waals surface area contributed by atoms with Crippen molar-refractivity contribution in [3.8, 4) is 22.9 Å². The SMILES string of the molecule is O=C(CSc1nc2c(c(=O)n1-c1ccc(OC(F)(F)F)cc1)SCC2)Nc1ccc2c(c1)OCO2. The maximum Gasteiger partial charge on any atom is 0.573 e. The van der Waals surface area contributed by atoms with Gasteiger partial charge in [0.05, 0.1) is 22.0 Å². The van der Waals surface area contributed by atoms with E-state index in [1.54, 1.807) is 18.2 Å². The maximum absolute atomic E-state index is 13.2. The molecule has 0 fully saturated rings. The van der Waals surface area contributed by atoms with Crippen LogP contribution in [0.25, 0.3) is 5.69 Å². The first-order valence-corrected chi connectivity index (χ1v) is 12.2. The van der Waals surface area contributed by atoms with Crippen LogP contribution < -0.4 is 25.1 Å². The second kappa shape index (κ2) is 9.38. The Labute approximate surface area is 204 Å². The smallest absolute Gasteiger partial charge is 0.454 e. The number of hydrogen-bond acceptors (Lipinski definition) is 8. The van der Waals surface area contributed by atoms with Gasteiger partial charge in [-0.15, -0.1) is 24.9 Å². The summed E-state index contributed by atoms with van der Waals surface area (Å²) in [5.74, 6) is 1.03. The highest BCUT2D eigenvalue weighted by molar-refractivity contribution is 8.00. The first kappa shape index (κ1) is 23.4. The molecule has 1 N–H and O–H groups in total. The number of amides is 1. The lowest BCUT2D eigenvalue weighted by atomic mass is 10.3. The number of carbonyl (C=O) groups excluding carboxylic acids is 1. The van der Waals surface area contributed by atoms with E-state index in [-0.39, 0.29) is 29.2 Å². The van der Waals surface area contributed by atoms with Crippen molar-refractivity contribution in [1.82, 2.24) is 9.55 Å². The van der Waals surface area contributed by atoms with Crippen LogP contribution in [0.3, 0.4) is 0 Å². The number of benzene rings is 2. The highest BCUT2D eigenvalue weighted by Gasteiger charge is 2.31. The van der Waals surface area contributed by atoms with Crippen LogP contribution in [0.5, 0.6) is 17.2 Å². The third-order valence-electron chi connectivity index (χ3n) is 4.98. The van der Waals surface area contributed by atoms with Crippen LogP contribution in [0.15, 0.2) is 57.3 Å². The van der Waals surface area contributed by atoms with E-state index in [0.29, 0.717) is 45.6 Å². The normalized spacial score (nSPS) is 14.0. The number of rotatable bonds is 6. The molecule has 0 unspecified atom stereocenters. The van der Waals surface area contributed by atoms with E-state index < -0.39 is 12.1 Å². The lowest BCUT2D eigenvalue weighted by Crippen LogP contribution is -2.24. The molecule has 182 valence electrons. The number of alkyl halides is 3. The Kier molecular flexibility index (Phi) is 6.28. The van der Waals surface area contributed by atoms with Crippen molar-refractivity contribution in [3.05, 3.63) is 58.5 Å². The van der Waals surface area contributed by atoms with Gasteiger partial charge in [0.2, 0.25) is 12.7 Å². The molecule has 2 aliphatic heterocycles. The predicted molar refractivity (Wildman–Crippen MR) is 123 cm³/mol. The minimum absolute atomic E-state index is 0.0535. The van der Waals surface area contributed by atoms with Crippen molar-refractivity contribution in [2.75, 3.05) is 23.6 Å². The summed E-state index contributed by atoms with van der Waals surface area (Å²) in [5.41, 5.74) is 1.15. The van der Waals surface area contributed by atoms with Gasteiger partial charge in [0.1, 0.15) is 5.75 Å². The highest BCUT2D eigenvalue weighted by Crippen LogP contribution is 2.34. The molecule has 0 spiro atoms. The number of aromatic nitrogens is 2.